The second-order valence-electron chi connectivity index (χ2n) is 7.11. The van der Waals surface area contributed by atoms with Crippen molar-refractivity contribution in [2.45, 2.75) is 44.9 Å². The van der Waals surface area contributed by atoms with Crippen molar-refractivity contribution in [3.8, 4) is 0 Å². The van der Waals surface area contributed by atoms with Crippen LogP contribution in [0.15, 0.2) is 0 Å². The fourth-order valence-electron chi connectivity index (χ4n) is 4.02. The molecule has 0 aromatic rings. The van der Waals surface area contributed by atoms with Crippen molar-refractivity contribution in [2.75, 3.05) is 39.3 Å². The summed E-state index contributed by atoms with van der Waals surface area (Å²) >= 11 is 0. The van der Waals surface area contributed by atoms with Gasteiger partial charge in [0.15, 0.2) is 0 Å². The second kappa shape index (κ2) is 7.44. The molecule has 1 unspecified atom stereocenters. The summed E-state index contributed by atoms with van der Waals surface area (Å²) in [6.07, 6.45) is 7.19. The van der Waals surface area contributed by atoms with Crippen LogP contribution in [0.25, 0.3) is 0 Å². The van der Waals surface area contributed by atoms with Crippen molar-refractivity contribution in [1.82, 2.24) is 15.1 Å². The summed E-state index contributed by atoms with van der Waals surface area (Å²) in [4.78, 5) is 28.5. The second-order valence-corrected chi connectivity index (χ2v) is 7.11. The van der Waals surface area contributed by atoms with Crippen LogP contribution in [-0.4, -0.2) is 60.9 Å². The van der Waals surface area contributed by atoms with Gasteiger partial charge in [-0.3, -0.25) is 9.59 Å². The first-order chi connectivity index (χ1) is 10.7. The van der Waals surface area contributed by atoms with Crippen molar-refractivity contribution in [3.05, 3.63) is 0 Å². The number of piperidine rings is 3. The van der Waals surface area contributed by atoms with E-state index in [-0.39, 0.29) is 5.92 Å². The number of hydrogen-bond acceptors (Lipinski definition) is 3. The minimum atomic E-state index is 0.189. The van der Waals surface area contributed by atoms with Gasteiger partial charge in [-0.05, 0) is 51.0 Å². The summed E-state index contributed by atoms with van der Waals surface area (Å²) in [7, 11) is 0. The summed E-state index contributed by atoms with van der Waals surface area (Å²) in [5.74, 6) is 1.45. The van der Waals surface area contributed by atoms with Gasteiger partial charge in [-0.1, -0.05) is 0 Å². The highest BCUT2D eigenvalue weighted by atomic mass is 16.2. The zero-order chi connectivity index (χ0) is 15.4. The summed E-state index contributed by atoms with van der Waals surface area (Å²) in [5.41, 5.74) is 0. The van der Waals surface area contributed by atoms with E-state index in [1.54, 1.807) is 0 Å². The van der Waals surface area contributed by atoms with E-state index in [0.717, 1.165) is 84.2 Å². The number of rotatable bonds is 3. The predicted octanol–water partition coefficient (Wildman–Crippen LogP) is 1.24. The van der Waals surface area contributed by atoms with Crippen LogP contribution in [0.2, 0.25) is 0 Å². The lowest BCUT2D eigenvalue weighted by Crippen LogP contribution is -2.48. The first-order valence-corrected chi connectivity index (χ1v) is 9.01. The van der Waals surface area contributed by atoms with Gasteiger partial charge in [0.05, 0.1) is 5.92 Å². The molecule has 3 fully saturated rings. The Morgan fingerprint density at radius 3 is 2.59 bits per heavy atom. The number of carbonyl (C=O) groups is 2. The Morgan fingerprint density at radius 1 is 1.09 bits per heavy atom. The summed E-state index contributed by atoms with van der Waals surface area (Å²) in [6, 6.07) is 0. The Bertz CT molecular complexity index is 399. The molecular weight excluding hydrogens is 278 g/mol. The topological polar surface area (TPSA) is 52.7 Å². The minimum Gasteiger partial charge on any atom is -0.342 e. The zero-order valence-corrected chi connectivity index (χ0v) is 13.6. The molecule has 124 valence electrons. The number of nitrogens with zero attached hydrogens (tertiary/aromatic N) is 2. The van der Waals surface area contributed by atoms with Crippen LogP contribution < -0.4 is 5.32 Å². The van der Waals surface area contributed by atoms with E-state index in [9.17, 15) is 9.59 Å². The van der Waals surface area contributed by atoms with Crippen LogP contribution in [0.4, 0.5) is 0 Å². The Balaban J connectivity index is 1.43. The van der Waals surface area contributed by atoms with E-state index in [2.05, 4.69) is 15.1 Å². The third-order valence-electron chi connectivity index (χ3n) is 5.47. The maximum Gasteiger partial charge on any atom is 0.226 e. The monoisotopic (exact) mass is 307 g/mol. The Kier molecular flexibility index (Phi) is 5.34. The van der Waals surface area contributed by atoms with Crippen molar-refractivity contribution in [1.29, 1.82) is 0 Å². The number of carbonyl (C=O) groups excluding carboxylic acids is 2. The highest BCUT2D eigenvalue weighted by molar-refractivity contribution is 5.79. The molecule has 3 aliphatic rings. The fraction of sp³-hybridized carbons (Fsp3) is 0.882. The normalized spacial score (nSPS) is 28.0. The average molecular weight is 307 g/mol. The van der Waals surface area contributed by atoms with E-state index in [1.807, 2.05) is 0 Å². The summed E-state index contributed by atoms with van der Waals surface area (Å²) in [5, 5.41) is 3.33. The van der Waals surface area contributed by atoms with Crippen molar-refractivity contribution in [2.24, 2.45) is 11.8 Å². The van der Waals surface area contributed by atoms with E-state index < -0.39 is 0 Å². The van der Waals surface area contributed by atoms with E-state index >= 15 is 0 Å². The highest BCUT2D eigenvalue weighted by Crippen LogP contribution is 2.23. The zero-order valence-electron chi connectivity index (χ0n) is 13.6. The van der Waals surface area contributed by atoms with Crippen LogP contribution in [-0.2, 0) is 9.59 Å². The Labute approximate surface area is 133 Å². The minimum absolute atomic E-state index is 0.189. The van der Waals surface area contributed by atoms with Crippen LogP contribution in [0.5, 0.6) is 0 Å². The molecule has 0 aromatic heterocycles. The molecule has 0 aromatic carbocycles. The van der Waals surface area contributed by atoms with Gasteiger partial charge in [0, 0.05) is 39.1 Å². The lowest BCUT2D eigenvalue weighted by Gasteiger charge is -2.37. The molecule has 0 saturated carbocycles. The molecular formula is C17H29N3O2. The SMILES string of the molecule is O=C1CCCCN1CC1CCN(C(=O)C2CCCNC2)CC1. The molecule has 0 radical (unpaired) electrons. The first kappa shape index (κ1) is 15.8. The summed E-state index contributed by atoms with van der Waals surface area (Å²) in [6.45, 7) is 5.50. The lowest BCUT2D eigenvalue weighted by molar-refractivity contribution is -0.139. The lowest BCUT2D eigenvalue weighted by atomic mass is 9.92. The molecule has 0 bridgehead atoms. The molecule has 5 heteroatoms. The molecule has 3 aliphatic heterocycles. The van der Waals surface area contributed by atoms with Crippen molar-refractivity contribution in [3.63, 3.8) is 0 Å². The Hall–Kier alpha value is -1.10. The summed E-state index contributed by atoms with van der Waals surface area (Å²) < 4.78 is 0. The van der Waals surface area contributed by atoms with Crippen LogP contribution in [0, 0.1) is 11.8 Å². The molecule has 3 saturated heterocycles. The molecule has 1 N–H and O–H groups in total. The van der Waals surface area contributed by atoms with Gasteiger partial charge in [0.25, 0.3) is 0 Å². The number of hydrogen-bond donors (Lipinski definition) is 1. The van der Waals surface area contributed by atoms with Gasteiger partial charge in [-0.2, -0.15) is 0 Å². The van der Waals surface area contributed by atoms with Crippen LogP contribution >= 0.6 is 0 Å². The Morgan fingerprint density at radius 2 is 1.91 bits per heavy atom. The number of likely N-dealkylation sites (tertiary alicyclic amines) is 2. The maximum absolute atomic E-state index is 12.5. The molecule has 0 spiro atoms. The maximum atomic E-state index is 12.5. The predicted molar refractivity (Wildman–Crippen MR) is 85.3 cm³/mol. The third kappa shape index (κ3) is 3.80. The van der Waals surface area contributed by atoms with E-state index in [1.165, 1.54) is 0 Å². The van der Waals surface area contributed by atoms with Crippen LogP contribution in [0.1, 0.15) is 44.9 Å². The average Bonchev–Trinajstić information content (AvgIpc) is 2.58. The molecule has 3 heterocycles. The van der Waals surface area contributed by atoms with Gasteiger partial charge in [0.1, 0.15) is 0 Å². The van der Waals surface area contributed by atoms with Gasteiger partial charge in [-0.15, -0.1) is 0 Å². The van der Waals surface area contributed by atoms with E-state index in [0.29, 0.717) is 17.7 Å². The molecule has 22 heavy (non-hydrogen) atoms. The van der Waals surface area contributed by atoms with Crippen molar-refractivity contribution >= 4 is 11.8 Å². The largest absolute Gasteiger partial charge is 0.342 e. The smallest absolute Gasteiger partial charge is 0.226 e. The van der Waals surface area contributed by atoms with Gasteiger partial charge in [-0.25, -0.2) is 0 Å². The van der Waals surface area contributed by atoms with Crippen molar-refractivity contribution < 1.29 is 9.59 Å². The molecule has 0 aliphatic carbocycles. The van der Waals surface area contributed by atoms with Crippen LogP contribution in [0.3, 0.4) is 0 Å². The molecule has 2 amide bonds. The van der Waals surface area contributed by atoms with Gasteiger partial charge >= 0.3 is 0 Å². The fourth-order valence-corrected chi connectivity index (χ4v) is 4.02. The molecule has 1 atom stereocenters. The van der Waals surface area contributed by atoms with Gasteiger partial charge in [0.2, 0.25) is 11.8 Å². The quantitative estimate of drug-likeness (QED) is 0.853. The number of nitrogens with one attached hydrogen (secondary N) is 1. The third-order valence-corrected chi connectivity index (χ3v) is 5.47. The first-order valence-electron chi connectivity index (χ1n) is 9.01. The number of amides is 2. The standard InChI is InChI=1S/C17H29N3O2/c21-16-5-1-2-9-20(16)13-14-6-10-19(11-7-14)17(22)15-4-3-8-18-12-15/h14-15,18H,1-13H2. The van der Waals surface area contributed by atoms with Gasteiger partial charge < -0.3 is 15.1 Å². The molecule has 5 nitrogen and oxygen atoms in total. The molecule has 3 rings (SSSR count). The van der Waals surface area contributed by atoms with E-state index in [4.69, 9.17) is 0 Å². The highest BCUT2D eigenvalue weighted by Gasteiger charge is 2.30.